The summed E-state index contributed by atoms with van der Waals surface area (Å²) in [7, 11) is 0. The van der Waals surface area contributed by atoms with E-state index in [1.165, 1.54) is 25.7 Å². The van der Waals surface area contributed by atoms with Crippen LogP contribution < -0.4 is 5.32 Å². The molecule has 114 valence electrons. The van der Waals surface area contributed by atoms with Crippen LogP contribution in [0.25, 0.3) is 0 Å². The van der Waals surface area contributed by atoms with Crippen LogP contribution in [0.1, 0.15) is 59.8 Å². The van der Waals surface area contributed by atoms with Gasteiger partial charge in [-0.3, -0.25) is 9.59 Å². The van der Waals surface area contributed by atoms with Gasteiger partial charge >= 0.3 is 0 Å². The first-order chi connectivity index (χ1) is 9.35. The fraction of sp³-hybridized carbons (Fsp3) is 0.875. The van der Waals surface area contributed by atoms with Gasteiger partial charge in [-0.05, 0) is 44.9 Å². The minimum absolute atomic E-state index is 0.00118. The maximum absolute atomic E-state index is 12.6. The van der Waals surface area contributed by atoms with E-state index >= 15 is 0 Å². The Morgan fingerprint density at radius 2 is 1.80 bits per heavy atom. The van der Waals surface area contributed by atoms with Crippen LogP contribution in [0.15, 0.2) is 0 Å². The molecule has 0 spiro atoms. The number of hydrogen-bond acceptors (Lipinski definition) is 2. The van der Waals surface area contributed by atoms with Crippen molar-refractivity contribution in [2.45, 2.75) is 71.4 Å². The topological polar surface area (TPSA) is 49.4 Å². The van der Waals surface area contributed by atoms with Gasteiger partial charge in [-0.2, -0.15) is 0 Å². The minimum atomic E-state index is -0.759. The zero-order valence-corrected chi connectivity index (χ0v) is 13.2. The second kappa shape index (κ2) is 5.74. The van der Waals surface area contributed by atoms with Crippen LogP contribution in [-0.2, 0) is 9.59 Å². The molecule has 2 amide bonds. The van der Waals surface area contributed by atoms with Crippen LogP contribution in [-0.4, -0.2) is 34.8 Å². The summed E-state index contributed by atoms with van der Waals surface area (Å²) < 4.78 is 0. The van der Waals surface area contributed by atoms with Crippen molar-refractivity contribution in [3.63, 3.8) is 0 Å². The summed E-state index contributed by atoms with van der Waals surface area (Å²) >= 11 is 0. The van der Waals surface area contributed by atoms with Gasteiger partial charge in [0, 0.05) is 6.54 Å². The predicted octanol–water partition coefficient (Wildman–Crippen LogP) is 2.33. The van der Waals surface area contributed by atoms with Gasteiger partial charge in [0.05, 0.1) is 0 Å². The molecule has 1 aliphatic heterocycles. The number of hydrogen-bond donors (Lipinski definition) is 1. The normalized spacial score (nSPS) is 34.0. The summed E-state index contributed by atoms with van der Waals surface area (Å²) in [4.78, 5) is 26.6. The third kappa shape index (κ3) is 2.99. The lowest BCUT2D eigenvalue weighted by molar-refractivity contribution is -0.154. The van der Waals surface area contributed by atoms with Gasteiger partial charge in [-0.1, -0.05) is 26.7 Å². The standard InChI is InChI=1S/C16H28N2O2/c1-5-13-14(19)17-16(3,4)15(20)18(13)10-12-8-6-11(2)7-9-12/h11-13H,5-10H2,1-4H3,(H,17,19). The zero-order valence-electron chi connectivity index (χ0n) is 13.2. The average molecular weight is 280 g/mol. The molecule has 4 heteroatoms. The van der Waals surface area contributed by atoms with E-state index in [9.17, 15) is 9.59 Å². The van der Waals surface area contributed by atoms with Crippen LogP contribution >= 0.6 is 0 Å². The highest BCUT2D eigenvalue weighted by atomic mass is 16.2. The van der Waals surface area contributed by atoms with Crippen LogP contribution in [0, 0.1) is 11.8 Å². The van der Waals surface area contributed by atoms with Crippen LogP contribution in [0.2, 0.25) is 0 Å². The van der Waals surface area contributed by atoms with E-state index in [0.29, 0.717) is 12.3 Å². The molecule has 0 bridgehead atoms. The Labute approximate surface area is 122 Å². The molecule has 4 nitrogen and oxygen atoms in total. The Kier molecular flexibility index (Phi) is 4.40. The van der Waals surface area contributed by atoms with E-state index in [-0.39, 0.29) is 17.9 Å². The van der Waals surface area contributed by atoms with E-state index in [0.717, 1.165) is 12.5 Å². The van der Waals surface area contributed by atoms with Gasteiger partial charge in [0.25, 0.3) is 0 Å². The maximum Gasteiger partial charge on any atom is 0.248 e. The lowest BCUT2D eigenvalue weighted by atomic mass is 9.82. The number of amides is 2. The molecule has 1 saturated carbocycles. The molecular weight excluding hydrogens is 252 g/mol. The number of nitrogens with zero attached hydrogens (tertiary/aromatic N) is 1. The third-order valence-corrected chi connectivity index (χ3v) is 4.89. The molecule has 0 aromatic heterocycles. The third-order valence-electron chi connectivity index (χ3n) is 4.89. The molecule has 1 aliphatic carbocycles. The van der Waals surface area contributed by atoms with Crippen molar-refractivity contribution in [2.75, 3.05) is 6.54 Å². The van der Waals surface area contributed by atoms with E-state index in [2.05, 4.69) is 12.2 Å². The Balaban J connectivity index is 2.09. The summed E-state index contributed by atoms with van der Waals surface area (Å²) in [6.45, 7) is 8.63. The van der Waals surface area contributed by atoms with Crippen LogP contribution in [0.4, 0.5) is 0 Å². The van der Waals surface area contributed by atoms with Gasteiger partial charge in [0.1, 0.15) is 11.6 Å². The molecule has 1 atom stereocenters. The molecule has 2 rings (SSSR count). The molecule has 1 unspecified atom stereocenters. The SMILES string of the molecule is CCC1C(=O)NC(C)(C)C(=O)N1CC1CCC(C)CC1. The lowest BCUT2D eigenvalue weighted by Gasteiger charge is -2.44. The summed E-state index contributed by atoms with van der Waals surface area (Å²) in [5.41, 5.74) is -0.759. The van der Waals surface area contributed by atoms with E-state index < -0.39 is 5.54 Å². The molecule has 0 aromatic rings. The monoisotopic (exact) mass is 280 g/mol. The summed E-state index contributed by atoms with van der Waals surface area (Å²) in [6.07, 6.45) is 5.56. The van der Waals surface area contributed by atoms with Crippen molar-refractivity contribution in [3.05, 3.63) is 0 Å². The van der Waals surface area contributed by atoms with E-state index in [1.807, 2.05) is 11.8 Å². The fourth-order valence-electron chi connectivity index (χ4n) is 3.49. The van der Waals surface area contributed by atoms with Gasteiger partial charge < -0.3 is 10.2 Å². The fourth-order valence-corrected chi connectivity index (χ4v) is 3.49. The quantitative estimate of drug-likeness (QED) is 0.862. The maximum atomic E-state index is 12.6. The number of nitrogens with one attached hydrogen (secondary N) is 1. The molecule has 1 N–H and O–H groups in total. The van der Waals surface area contributed by atoms with Crippen molar-refractivity contribution in [3.8, 4) is 0 Å². The molecule has 1 heterocycles. The van der Waals surface area contributed by atoms with Crippen LogP contribution in [0.5, 0.6) is 0 Å². The first-order valence-electron chi connectivity index (χ1n) is 7.98. The number of carbonyl (C=O) groups is 2. The van der Waals surface area contributed by atoms with Crippen molar-refractivity contribution in [1.82, 2.24) is 10.2 Å². The molecule has 2 fully saturated rings. The van der Waals surface area contributed by atoms with E-state index in [1.54, 1.807) is 13.8 Å². The van der Waals surface area contributed by atoms with Gasteiger partial charge in [0.15, 0.2) is 0 Å². The highest BCUT2D eigenvalue weighted by Crippen LogP contribution is 2.31. The Morgan fingerprint density at radius 3 is 2.35 bits per heavy atom. The highest BCUT2D eigenvalue weighted by Gasteiger charge is 2.45. The van der Waals surface area contributed by atoms with Crippen LogP contribution in [0.3, 0.4) is 0 Å². The van der Waals surface area contributed by atoms with Crippen molar-refractivity contribution in [2.24, 2.45) is 11.8 Å². The summed E-state index contributed by atoms with van der Waals surface area (Å²) in [5, 5.41) is 2.85. The largest absolute Gasteiger partial charge is 0.340 e. The number of piperazine rings is 1. The predicted molar refractivity (Wildman–Crippen MR) is 79.1 cm³/mol. The molecule has 0 radical (unpaired) electrons. The first kappa shape index (κ1) is 15.3. The van der Waals surface area contributed by atoms with Crippen molar-refractivity contribution < 1.29 is 9.59 Å². The number of rotatable bonds is 3. The number of carbonyl (C=O) groups excluding carboxylic acids is 2. The molecule has 20 heavy (non-hydrogen) atoms. The smallest absolute Gasteiger partial charge is 0.248 e. The van der Waals surface area contributed by atoms with Gasteiger partial charge in [-0.15, -0.1) is 0 Å². The van der Waals surface area contributed by atoms with Crippen molar-refractivity contribution in [1.29, 1.82) is 0 Å². The highest BCUT2D eigenvalue weighted by molar-refractivity contribution is 5.99. The summed E-state index contributed by atoms with van der Waals surface area (Å²) in [6, 6.07) is -0.283. The van der Waals surface area contributed by atoms with Crippen molar-refractivity contribution >= 4 is 11.8 Å². The minimum Gasteiger partial charge on any atom is -0.340 e. The van der Waals surface area contributed by atoms with E-state index in [4.69, 9.17) is 0 Å². The lowest BCUT2D eigenvalue weighted by Crippen LogP contribution is -2.68. The Morgan fingerprint density at radius 1 is 1.20 bits per heavy atom. The molecule has 2 aliphatic rings. The molecular formula is C16H28N2O2. The first-order valence-corrected chi connectivity index (χ1v) is 7.98. The van der Waals surface area contributed by atoms with Gasteiger partial charge in [-0.25, -0.2) is 0 Å². The Bertz CT molecular complexity index is 384. The second-order valence-electron chi connectivity index (χ2n) is 7.12. The Hall–Kier alpha value is -1.06. The second-order valence-corrected chi connectivity index (χ2v) is 7.12. The molecule has 0 aromatic carbocycles. The zero-order chi connectivity index (χ0) is 14.9. The summed E-state index contributed by atoms with van der Waals surface area (Å²) in [5.74, 6) is 1.44. The average Bonchev–Trinajstić information content (AvgIpc) is 2.38. The molecule has 1 saturated heterocycles. The van der Waals surface area contributed by atoms with Gasteiger partial charge in [0.2, 0.25) is 11.8 Å².